The number of oxazole rings is 1. The van der Waals surface area contributed by atoms with E-state index in [2.05, 4.69) is 32.6 Å². The lowest BCUT2D eigenvalue weighted by atomic mass is 10.1. The maximum atomic E-state index is 9.99. The summed E-state index contributed by atoms with van der Waals surface area (Å²) in [5.41, 5.74) is 4.31. The second kappa shape index (κ2) is 7.03. The molecule has 0 saturated heterocycles. The van der Waals surface area contributed by atoms with Gasteiger partial charge in [-0.1, -0.05) is 6.07 Å². The number of benzene rings is 3. The van der Waals surface area contributed by atoms with Crippen LogP contribution in [0.1, 0.15) is 11.1 Å². The van der Waals surface area contributed by atoms with Gasteiger partial charge in [-0.15, -0.1) is 0 Å². The van der Waals surface area contributed by atoms with Gasteiger partial charge in [0.15, 0.2) is 5.58 Å². The summed E-state index contributed by atoms with van der Waals surface area (Å²) in [6, 6.07) is 16.3. The highest BCUT2D eigenvalue weighted by Gasteiger charge is 2.09. The molecule has 0 aliphatic carbocycles. The fourth-order valence-corrected chi connectivity index (χ4v) is 3.35. The van der Waals surface area contributed by atoms with Crippen molar-refractivity contribution in [2.75, 3.05) is 0 Å². The number of aryl methyl sites for hydroxylation is 1. The number of nitrogens with zero attached hydrogens (tertiary/aromatic N) is 2. The Hall–Kier alpha value is -2.87. The van der Waals surface area contributed by atoms with Crippen molar-refractivity contribution in [3.8, 4) is 23.0 Å². The van der Waals surface area contributed by atoms with Crippen molar-refractivity contribution < 1.29 is 14.6 Å². The molecule has 27 heavy (non-hydrogen) atoms. The van der Waals surface area contributed by atoms with Gasteiger partial charge in [-0.2, -0.15) is 0 Å². The van der Waals surface area contributed by atoms with Gasteiger partial charge in [-0.05, 0) is 77.5 Å². The Morgan fingerprint density at radius 3 is 2.70 bits per heavy atom. The Morgan fingerprint density at radius 2 is 1.93 bits per heavy atom. The predicted molar refractivity (Wildman–Crippen MR) is 114 cm³/mol. The van der Waals surface area contributed by atoms with E-state index >= 15 is 0 Å². The van der Waals surface area contributed by atoms with Crippen LogP contribution in [0.5, 0.6) is 11.5 Å². The van der Waals surface area contributed by atoms with E-state index in [0.717, 1.165) is 14.7 Å². The number of aromatic hydroxyl groups is 2. The number of aromatic nitrogens is 1. The molecule has 134 valence electrons. The van der Waals surface area contributed by atoms with Gasteiger partial charge in [0.1, 0.15) is 17.0 Å². The van der Waals surface area contributed by atoms with E-state index in [9.17, 15) is 10.2 Å². The van der Waals surface area contributed by atoms with E-state index in [-0.39, 0.29) is 11.5 Å². The third kappa shape index (κ3) is 3.66. The molecule has 2 N–H and O–H groups in total. The molecular formula is C21H15IN2O3. The standard InChI is InChI=1S/C21H15IN2O3/c1-12-7-16(25)10-19(26)17(12)11-23-15-5-6-20-18(9-15)24-21(27-20)13-3-2-4-14(22)8-13/h2-11,25-26H,1H3. The first-order valence-corrected chi connectivity index (χ1v) is 9.30. The zero-order valence-corrected chi connectivity index (χ0v) is 16.5. The SMILES string of the molecule is Cc1cc(O)cc(O)c1C=Nc1ccc2oc(-c3cccc(I)c3)nc2c1. The van der Waals surface area contributed by atoms with Gasteiger partial charge in [-0.3, -0.25) is 4.99 Å². The van der Waals surface area contributed by atoms with Crippen LogP contribution in [0, 0.1) is 10.5 Å². The van der Waals surface area contributed by atoms with Gasteiger partial charge in [0.25, 0.3) is 0 Å². The van der Waals surface area contributed by atoms with Crippen molar-refractivity contribution in [1.82, 2.24) is 4.98 Å². The molecule has 0 spiro atoms. The van der Waals surface area contributed by atoms with Gasteiger partial charge in [0.2, 0.25) is 5.89 Å². The van der Waals surface area contributed by atoms with E-state index < -0.39 is 0 Å². The third-order valence-corrected chi connectivity index (χ3v) is 4.81. The highest BCUT2D eigenvalue weighted by atomic mass is 127. The first-order valence-electron chi connectivity index (χ1n) is 8.23. The number of hydrogen-bond acceptors (Lipinski definition) is 5. The van der Waals surface area contributed by atoms with Gasteiger partial charge in [0, 0.05) is 27.0 Å². The number of hydrogen-bond donors (Lipinski definition) is 2. The van der Waals surface area contributed by atoms with Crippen LogP contribution in [-0.4, -0.2) is 21.4 Å². The summed E-state index contributed by atoms with van der Waals surface area (Å²) < 4.78 is 6.96. The molecular weight excluding hydrogens is 455 g/mol. The molecule has 4 rings (SSSR count). The summed E-state index contributed by atoms with van der Waals surface area (Å²) in [5.74, 6) is 0.575. The minimum atomic E-state index is -0.0141. The molecule has 0 atom stereocenters. The quantitative estimate of drug-likeness (QED) is 0.303. The molecule has 0 unspecified atom stereocenters. The highest BCUT2D eigenvalue weighted by Crippen LogP contribution is 2.29. The molecule has 1 aromatic heterocycles. The van der Waals surface area contributed by atoms with Crippen molar-refractivity contribution in [3.63, 3.8) is 0 Å². The number of fused-ring (bicyclic) bond motifs is 1. The molecule has 0 fully saturated rings. The number of aliphatic imine (C=N–C) groups is 1. The second-order valence-electron chi connectivity index (χ2n) is 6.14. The molecule has 0 radical (unpaired) electrons. The van der Waals surface area contributed by atoms with Gasteiger partial charge >= 0.3 is 0 Å². The van der Waals surface area contributed by atoms with Crippen LogP contribution >= 0.6 is 22.6 Å². The topological polar surface area (TPSA) is 78.9 Å². The summed E-state index contributed by atoms with van der Waals surface area (Å²) >= 11 is 2.25. The van der Waals surface area contributed by atoms with E-state index in [1.807, 2.05) is 42.5 Å². The number of phenols is 2. The second-order valence-corrected chi connectivity index (χ2v) is 7.38. The maximum absolute atomic E-state index is 9.99. The van der Waals surface area contributed by atoms with Crippen LogP contribution in [0.4, 0.5) is 5.69 Å². The first-order chi connectivity index (χ1) is 13.0. The number of halogens is 1. The smallest absolute Gasteiger partial charge is 0.227 e. The van der Waals surface area contributed by atoms with Crippen molar-refractivity contribution in [2.45, 2.75) is 6.92 Å². The predicted octanol–water partition coefficient (Wildman–Crippen LogP) is 5.57. The van der Waals surface area contributed by atoms with Gasteiger partial charge in [-0.25, -0.2) is 4.98 Å². The van der Waals surface area contributed by atoms with Crippen LogP contribution < -0.4 is 0 Å². The summed E-state index contributed by atoms with van der Waals surface area (Å²) in [7, 11) is 0. The largest absolute Gasteiger partial charge is 0.508 e. The fourth-order valence-electron chi connectivity index (χ4n) is 2.81. The summed E-state index contributed by atoms with van der Waals surface area (Å²) in [5, 5.41) is 19.5. The Kier molecular flexibility index (Phi) is 4.57. The van der Waals surface area contributed by atoms with Crippen molar-refractivity contribution >= 4 is 45.6 Å². The summed E-state index contributed by atoms with van der Waals surface area (Å²) in [6.07, 6.45) is 1.58. The average molecular weight is 470 g/mol. The van der Waals surface area contributed by atoms with E-state index in [4.69, 9.17) is 4.42 Å². The summed E-state index contributed by atoms with van der Waals surface area (Å²) in [4.78, 5) is 8.98. The third-order valence-electron chi connectivity index (χ3n) is 4.14. The van der Waals surface area contributed by atoms with E-state index in [0.29, 0.717) is 28.2 Å². The zero-order chi connectivity index (χ0) is 19.0. The minimum absolute atomic E-state index is 0.0141. The van der Waals surface area contributed by atoms with Gasteiger partial charge < -0.3 is 14.6 Å². The molecule has 5 nitrogen and oxygen atoms in total. The van der Waals surface area contributed by atoms with E-state index in [1.54, 1.807) is 19.2 Å². The molecule has 4 aromatic rings. The molecule has 6 heteroatoms. The van der Waals surface area contributed by atoms with Crippen LogP contribution in [0.25, 0.3) is 22.6 Å². The lowest BCUT2D eigenvalue weighted by Gasteiger charge is -2.04. The lowest BCUT2D eigenvalue weighted by molar-refractivity contribution is 0.449. The molecule has 3 aromatic carbocycles. The van der Waals surface area contributed by atoms with Crippen molar-refractivity contribution in [3.05, 3.63) is 69.3 Å². The minimum Gasteiger partial charge on any atom is -0.508 e. The van der Waals surface area contributed by atoms with Crippen LogP contribution in [0.15, 0.2) is 64.0 Å². The van der Waals surface area contributed by atoms with Crippen LogP contribution in [0.3, 0.4) is 0 Å². The molecule has 1 heterocycles. The molecule has 0 amide bonds. The Bertz CT molecular complexity index is 1160. The Labute approximate surface area is 169 Å². The zero-order valence-electron chi connectivity index (χ0n) is 14.3. The molecule has 0 aliphatic rings. The normalized spacial score (nSPS) is 11.5. The molecule has 0 saturated carbocycles. The lowest BCUT2D eigenvalue weighted by Crippen LogP contribution is -1.87. The summed E-state index contributed by atoms with van der Waals surface area (Å²) in [6.45, 7) is 1.80. The number of phenolic OH excluding ortho intramolecular Hbond substituents is 2. The molecule has 0 aliphatic heterocycles. The molecule has 0 bridgehead atoms. The van der Waals surface area contributed by atoms with Crippen LogP contribution in [-0.2, 0) is 0 Å². The maximum Gasteiger partial charge on any atom is 0.227 e. The van der Waals surface area contributed by atoms with E-state index in [1.165, 1.54) is 6.07 Å². The Morgan fingerprint density at radius 1 is 1.07 bits per heavy atom. The van der Waals surface area contributed by atoms with Crippen molar-refractivity contribution in [2.24, 2.45) is 4.99 Å². The highest BCUT2D eigenvalue weighted by molar-refractivity contribution is 14.1. The Balaban J connectivity index is 1.68. The van der Waals surface area contributed by atoms with Crippen molar-refractivity contribution in [1.29, 1.82) is 0 Å². The monoisotopic (exact) mass is 470 g/mol. The van der Waals surface area contributed by atoms with Crippen LogP contribution in [0.2, 0.25) is 0 Å². The first kappa shape index (κ1) is 17.5. The fraction of sp³-hybridized carbons (Fsp3) is 0.0476. The number of rotatable bonds is 3. The average Bonchev–Trinajstić information content (AvgIpc) is 3.04. The van der Waals surface area contributed by atoms with Gasteiger partial charge in [0.05, 0.1) is 5.69 Å².